The number of hydrogen-bond donors (Lipinski definition) is 1. The minimum atomic E-state index is -0.155. The van der Waals surface area contributed by atoms with Gasteiger partial charge in [0.05, 0.1) is 6.54 Å². The molecule has 3 rings (SSSR count). The first-order chi connectivity index (χ1) is 12.5. The van der Waals surface area contributed by atoms with E-state index in [0.717, 1.165) is 16.5 Å². The summed E-state index contributed by atoms with van der Waals surface area (Å²) in [5.41, 5.74) is 2.18. The van der Waals surface area contributed by atoms with Crippen LogP contribution >= 0.6 is 0 Å². The number of para-hydroxylation sites is 1. The molecule has 0 saturated heterocycles. The highest BCUT2D eigenvalue weighted by molar-refractivity contribution is 5.79. The zero-order valence-electron chi connectivity index (χ0n) is 15.1. The fourth-order valence-electron chi connectivity index (χ4n) is 2.94. The van der Waals surface area contributed by atoms with Crippen molar-refractivity contribution in [1.29, 1.82) is 0 Å². The van der Waals surface area contributed by atoms with Crippen LogP contribution in [0.15, 0.2) is 59.7 Å². The normalized spacial score (nSPS) is 11.0. The Morgan fingerprint density at radius 1 is 1.15 bits per heavy atom. The van der Waals surface area contributed by atoms with Crippen LogP contribution < -0.4 is 5.56 Å². The van der Waals surface area contributed by atoms with Gasteiger partial charge in [0.15, 0.2) is 0 Å². The van der Waals surface area contributed by atoms with Gasteiger partial charge < -0.3 is 9.88 Å². The van der Waals surface area contributed by atoms with E-state index in [1.165, 1.54) is 0 Å². The third kappa shape index (κ3) is 4.36. The summed E-state index contributed by atoms with van der Waals surface area (Å²) in [5, 5.41) is 0.958. The quantitative estimate of drug-likeness (QED) is 0.741. The molecule has 1 N–H and O–H groups in total. The number of carbonyl (C=O) groups is 1. The molecular weight excluding hydrogens is 326 g/mol. The summed E-state index contributed by atoms with van der Waals surface area (Å²) in [6.45, 7) is 4.75. The van der Waals surface area contributed by atoms with E-state index in [1.54, 1.807) is 17.3 Å². The van der Waals surface area contributed by atoms with Crippen molar-refractivity contribution in [3.63, 3.8) is 0 Å². The number of H-pyrrole nitrogens is 1. The molecule has 0 spiro atoms. The van der Waals surface area contributed by atoms with Crippen LogP contribution in [-0.4, -0.2) is 20.8 Å². The second kappa shape index (κ2) is 7.95. The molecule has 0 aliphatic carbocycles. The Bertz CT molecular complexity index is 948. The van der Waals surface area contributed by atoms with Crippen LogP contribution in [0.25, 0.3) is 10.9 Å². The molecule has 0 atom stereocenters. The Hall–Kier alpha value is -2.95. The number of aromatic nitrogens is 2. The SMILES string of the molecule is CC(C)CC(=O)N(Cc1cccnc1)Cc1cc2ccccc2[nH]c1=O. The van der Waals surface area contributed by atoms with Gasteiger partial charge in [-0.25, -0.2) is 0 Å². The fraction of sp³-hybridized carbons (Fsp3) is 0.286. The van der Waals surface area contributed by atoms with Gasteiger partial charge in [-0.1, -0.05) is 38.1 Å². The van der Waals surface area contributed by atoms with Crippen molar-refractivity contribution >= 4 is 16.8 Å². The summed E-state index contributed by atoms with van der Waals surface area (Å²) >= 11 is 0. The molecule has 0 saturated carbocycles. The molecule has 2 aromatic heterocycles. The van der Waals surface area contributed by atoms with E-state index in [0.29, 0.717) is 18.5 Å². The van der Waals surface area contributed by atoms with Crippen LogP contribution in [0.1, 0.15) is 31.4 Å². The maximum absolute atomic E-state index is 12.7. The number of nitrogens with one attached hydrogen (secondary N) is 1. The second-order valence-electron chi connectivity index (χ2n) is 6.92. The number of rotatable bonds is 6. The Labute approximate surface area is 152 Å². The van der Waals surface area contributed by atoms with Gasteiger partial charge in [-0.15, -0.1) is 0 Å². The summed E-state index contributed by atoms with van der Waals surface area (Å²) in [4.78, 5) is 33.9. The van der Waals surface area contributed by atoms with Crippen LogP contribution in [-0.2, 0) is 17.9 Å². The zero-order valence-corrected chi connectivity index (χ0v) is 15.1. The van der Waals surface area contributed by atoms with Crippen LogP contribution in [0.3, 0.4) is 0 Å². The van der Waals surface area contributed by atoms with Crippen molar-refractivity contribution in [2.24, 2.45) is 5.92 Å². The lowest BCUT2D eigenvalue weighted by Gasteiger charge is -2.23. The van der Waals surface area contributed by atoms with E-state index in [2.05, 4.69) is 9.97 Å². The van der Waals surface area contributed by atoms with Crippen molar-refractivity contribution in [1.82, 2.24) is 14.9 Å². The van der Waals surface area contributed by atoms with Crippen molar-refractivity contribution in [3.05, 3.63) is 76.3 Å². The number of fused-ring (bicyclic) bond motifs is 1. The van der Waals surface area contributed by atoms with Crippen LogP contribution in [0.4, 0.5) is 0 Å². The first kappa shape index (κ1) is 17.9. The topological polar surface area (TPSA) is 66.1 Å². The van der Waals surface area contributed by atoms with Crippen LogP contribution in [0.5, 0.6) is 0 Å². The molecular formula is C21H23N3O2. The average Bonchev–Trinajstić information content (AvgIpc) is 2.62. The predicted octanol–water partition coefficient (Wildman–Crippen LogP) is 3.50. The van der Waals surface area contributed by atoms with E-state index in [1.807, 2.05) is 56.3 Å². The van der Waals surface area contributed by atoms with Gasteiger partial charge in [-0.05, 0) is 35.1 Å². The van der Waals surface area contributed by atoms with Gasteiger partial charge in [0.1, 0.15) is 0 Å². The lowest BCUT2D eigenvalue weighted by atomic mass is 10.1. The molecule has 0 unspecified atom stereocenters. The highest BCUT2D eigenvalue weighted by atomic mass is 16.2. The molecule has 3 aromatic rings. The van der Waals surface area contributed by atoms with Gasteiger partial charge >= 0.3 is 0 Å². The largest absolute Gasteiger partial charge is 0.334 e. The summed E-state index contributed by atoms with van der Waals surface area (Å²) in [6, 6.07) is 13.3. The number of nitrogens with zero attached hydrogens (tertiary/aromatic N) is 2. The third-order valence-electron chi connectivity index (χ3n) is 4.22. The standard InChI is InChI=1S/C21H23N3O2/c1-15(2)10-20(25)24(13-16-6-5-9-22-12-16)14-18-11-17-7-3-4-8-19(17)23-21(18)26/h3-9,11-12,15H,10,13-14H2,1-2H3,(H,23,26). The molecule has 2 heterocycles. The van der Waals surface area contributed by atoms with E-state index < -0.39 is 0 Å². The Morgan fingerprint density at radius 2 is 1.96 bits per heavy atom. The first-order valence-corrected chi connectivity index (χ1v) is 8.80. The minimum Gasteiger partial charge on any atom is -0.334 e. The molecule has 0 aliphatic rings. The predicted molar refractivity (Wildman–Crippen MR) is 103 cm³/mol. The molecule has 0 bridgehead atoms. The Kier molecular flexibility index (Phi) is 5.46. The average molecular weight is 349 g/mol. The van der Waals surface area contributed by atoms with E-state index in [9.17, 15) is 9.59 Å². The number of amides is 1. The maximum atomic E-state index is 12.7. The van der Waals surface area contributed by atoms with Crippen LogP contribution in [0, 0.1) is 5.92 Å². The van der Waals surface area contributed by atoms with E-state index >= 15 is 0 Å². The Balaban J connectivity index is 1.90. The summed E-state index contributed by atoms with van der Waals surface area (Å²) in [6.07, 6.45) is 3.91. The highest BCUT2D eigenvalue weighted by Crippen LogP contribution is 2.15. The smallest absolute Gasteiger partial charge is 0.253 e. The zero-order chi connectivity index (χ0) is 18.5. The minimum absolute atomic E-state index is 0.0383. The number of hydrogen-bond acceptors (Lipinski definition) is 3. The van der Waals surface area contributed by atoms with Crippen molar-refractivity contribution in [3.8, 4) is 0 Å². The van der Waals surface area contributed by atoms with Crippen molar-refractivity contribution in [2.75, 3.05) is 0 Å². The molecule has 1 aromatic carbocycles. The molecule has 0 radical (unpaired) electrons. The van der Waals surface area contributed by atoms with Gasteiger partial charge in [-0.2, -0.15) is 0 Å². The number of aromatic amines is 1. The van der Waals surface area contributed by atoms with Gasteiger partial charge in [0.25, 0.3) is 5.56 Å². The summed E-state index contributed by atoms with van der Waals surface area (Å²) in [5.74, 6) is 0.296. The van der Waals surface area contributed by atoms with Gasteiger partial charge in [0.2, 0.25) is 5.91 Å². The molecule has 5 nitrogen and oxygen atoms in total. The lowest BCUT2D eigenvalue weighted by molar-refractivity contribution is -0.133. The van der Waals surface area contributed by atoms with Gasteiger partial charge in [-0.3, -0.25) is 14.6 Å². The number of pyridine rings is 2. The fourth-order valence-corrected chi connectivity index (χ4v) is 2.94. The number of carbonyl (C=O) groups excluding carboxylic acids is 1. The summed E-state index contributed by atoms with van der Waals surface area (Å²) in [7, 11) is 0. The molecule has 0 fully saturated rings. The van der Waals surface area contributed by atoms with E-state index in [4.69, 9.17) is 0 Å². The monoisotopic (exact) mass is 349 g/mol. The second-order valence-corrected chi connectivity index (χ2v) is 6.92. The Morgan fingerprint density at radius 3 is 2.69 bits per heavy atom. The first-order valence-electron chi connectivity index (χ1n) is 8.80. The van der Waals surface area contributed by atoms with Crippen molar-refractivity contribution < 1.29 is 4.79 Å². The van der Waals surface area contributed by atoms with Gasteiger partial charge in [0, 0.05) is 36.4 Å². The maximum Gasteiger partial charge on any atom is 0.253 e. The number of benzene rings is 1. The highest BCUT2D eigenvalue weighted by Gasteiger charge is 2.18. The summed E-state index contributed by atoms with van der Waals surface area (Å²) < 4.78 is 0. The molecule has 1 amide bonds. The molecule has 26 heavy (non-hydrogen) atoms. The lowest BCUT2D eigenvalue weighted by Crippen LogP contribution is -2.33. The van der Waals surface area contributed by atoms with Crippen molar-refractivity contribution in [2.45, 2.75) is 33.4 Å². The molecule has 134 valence electrons. The molecule has 0 aliphatic heterocycles. The van der Waals surface area contributed by atoms with E-state index in [-0.39, 0.29) is 23.9 Å². The third-order valence-corrected chi connectivity index (χ3v) is 4.22. The van der Waals surface area contributed by atoms with Crippen LogP contribution in [0.2, 0.25) is 0 Å². The molecule has 5 heteroatoms.